The minimum atomic E-state index is -1.44. The SMILES string of the molecule is Cc1cccn(CC2(c3ccc(Oc4cccc(CF)c4)cc3)NC(=O)NC2=O)c1=O. The molecule has 0 aliphatic carbocycles. The molecule has 0 bridgehead atoms. The third kappa shape index (κ3) is 3.92. The maximum Gasteiger partial charge on any atom is 0.322 e. The van der Waals surface area contributed by atoms with Crippen molar-refractivity contribution in [1.82, 2.24) is 15.2 Å². The van der Waals surface area contributed by atoms with Gasteiger partial charge in [0, 0.05) is 11.8 Å². The Labute approximate surface area is 177 Å². The molecule has 0 radical (unpaired) electrons. The van der Waals surface area contributed by atoms with Crippen molar-refractivity contribution >= 4 is 11.9 Å². The van der Waals surface area contributed by atoms with E-state index in [2.05, 4.69) is 10.6 Å². The fourth-order valence-corrected chi connectivity index (χ4v) is 3.57. The lowest BCUT2D eigenvalue weighted by Crippen LogP contribution is -2.49. The van der Waals surface area contributed by atoms with Gasteiger partial charge in [-0.05, 0) is 48.4 Å². The average Bonchev–Trinajstić information content (AvgIpc) is 3.05. The molecule has 8 heteroatoms. The minimum absolute atomic E-state index is 0.0656. The van der Waals surface area contributed by atoms with Crippen molar-refractivity contribution in [3.05, 3.63) is 93.9 Å². The molecule has 1 atom stereocenters. The Bertz CT molecular complexity index is 1210. The molecule has 31 heavy (non-hydrogen) atoms. The number of rotatable bonds is 6. The number of benzene rings is 2. The highest BCUT2D eigenvalue weighted by Crippen LogP contribution is 2.30. The summed E-state index contributed by atoms with van der Waals surface area (Å²) in [7, 11) is 0. The largest absolute Gasteiger partial charge is 0.457 e. The molecular weight excluding hydrogens is 401 g/mol. The fourth-order valence-electron chi connectivity index (χ4n) is 3.57. The topological polar surface area (TPSA) is 89.4 Å². The number of ether oxygens (including phenoxy) is 1. The summed E-state index contributed by atoms with van der Waals surface area (Å²) < 4.78 is 20.0. The highest BCUT2D eigenvalue weighted by atomic mass is 19.1. The molecule has 1 fully saturated rings. The summed E-state index contributed by atoms with van der Waals surface area (Å²) >= 11 is 0. The normalized spacial score (nSPS) is 17.9. The maximum absolute atomic E-state index is 12.9. The minimum Gasteiger partial charge on any atom is -0.457 e. The quantitative estimate of drug-likeness (QED) is 0.599. The van der Waals surface area contributed by atoms with E-state index in [4.69, 9.17) is 4.74 Å². The number of alkyl halides is 1. The molecule has 2 N–H and O–H groups in total. The number of urea groups is 1. The summed E-state index contributed by atoms with van der Waals surface area (Å²) in [5, 5.41) is 4.93. The lowest BCUT2D eigenvalue weighted by Gasteiger charge is -2.27. The Hall–Kier alpha value is -3.94. The first-order valence-corrected chi connectivity index (χ1v) is 9.64. The summed E-state index contributed by atoms with van der Waals surface area (Å²) in [6, 6.07) is 16.0. The van der Waals surface area contributed by atoms with Crippen LogP contribution in [0.25, 0.3) is 0 Å². The Balaban J connectivity index is 1.66. The zero-order chi connectivity index (χ0) is 22.0. The van der Waals surface area contributed by atoms with Crippen LogP contribution in [-0.2, 0) is 23.6 Å². The number of carbonyl (C=O) groups is 2. The van der Waals surface area contributed by atoms with Crippen molar-refractivity contribution in [3.63, 3.8) is 0 Å². The van der Waals surface area contributed by atoms with Gasteiger partial charge in [-0.25, -0.2) is 9.18 Å². The zero-order valence-electron chi connectivity index (χ0n) is 16.7. The van der Waals surface area contributed by atoms with Crippen molar-refractivity contribution in [3.8, 4) is 11.5 Å². The highest BCUT2D eigenvalue weighted by Gasteiger charge is 2.48. The molecule has 0 spiro atoms. The maximum atomic E-state index is 12.9. The van der Waals surface area contributed by atoms with Crippen LogP contribution in [-0.4, -0.2) is 16.5 Å². The van der Waals surface area contributed by atoms with Gasteiger partial charge in [0.2, 0.25) is 0 Å². The number of aromatic nitrogens is 1. The summed E-state index contributed by atoms with van der Waals surface area (Å²) in [6.45, 7) is 1.03. The number of halogens is 1. The molecule has 1 aromatic heterocycles. The Morgan fingerprint density at radius 1 is 1.00 bits per heavy atom. The van der Waals surface area contributed by atoms with Gasteiger partial charge in [-0.15, -0.1) is 0 Å². The van der Waals surface area contributed by atoms with E-state index in [-0.39, 0.29) is 12.1 Å². The monoisotopic (exact) mass is 421 g/mol. The van der Waals surface area contributed by atoms with Gasteiger partial charge in [-0.3, -0.25) is 14.9 Å². The van der Waals surface area contributed by atoms with Gasteiger partial charge in [0.1, 0.15) is 18.2 Å². The predicted molar refractivity (Wildman–Crippen MR) is 112 cm³/mol. The van der Waals surface area contributed by atoms with Crippen molar-refractivity contribution in [2.75, 3.05) is 0 Å². The third-order valence-corrected chi connectivity index (χ3v) is 5.20. The molecule has 1 saturated heterocycles. The van der Waals surface area contributed by atoms with Crippen LogP contribution < -0.4 is 20.9 Å². The predicted octanol–water partition coefficient (Wildman–Crippen LogP) is 3.15. The molecule has 158 valence electrons. The van der Waals surface area contributed by atoms with E-state index < -0.39 is 24.2 Å². The molecule has 4 rings (SSSR count). The smallest absolute Gasteiger partial charge is 0.322 e. The number of nitrogens with zero attached hydrogens (tertiary/aromatic N) is 1. The summed E-state index contributed by atoms with van der Waals surface area (Å²) in [4.78, 5) is 37.2. The van der Waals surface area contributed by atoms with Crippen LogP contribution in [0.5, 0.6) is 11.5 Å². The van der Waals surface area contributed by atoms with Crippen molar-refractivity contribution in [2.45, 2.75) is 25.7 Å². The van der Waals surface area contributed by atoms with E-state index in [1.807, 2.05) is 0 Å². The fraction of sp³-hybridized carbons (Fsp3) is 0.174. The van der Waals surface area contributed by atoms with Gasteiger partial charge in [0.25, 0.3) is 11.5 Å². The zero-order valence-corrected chi connectivity index (χ0v) is 16.7. The Morgan fingerprint density at radius 2 is 1.77 bits per heavy atom. The molecule has 3 amide bonds. The third-order valence-electron chi connectivity index (χ3n) is 5.20. The first-order chi connectivity index (χ1) is 14.9. The van der Waals surface area contributed by atoms with E-state index in [1.54, 1.807) is 73.8 Å². The van der Waals surface area contributed by atoms with Crippen LogP contribution in [0.2, 0.25) is 0 Å². The Kier molecular flexibility index (Phi) is 5.29. The van der Waals surface area contributed by atoms with Crippen LogP contribution in [0, 0.1) is 6.92 Å². The van der Waals surface area contributed by atoms with Crippen LogP contribution >= 0.6 is 0 Å². The van der Waals surface area contributed by atoms with Gasteiger partial charge in [-0.2, -0.15) is 0 Å². The molecule has 2 heterocycles. The van der Waals surface area contributed by atoms with Crippen LogP contribution in [0.4, 0.5) is 9.18 Å². The van der Waals surface area contributed by atoms with Gasteiger partial charge in [0.05, 0.1) is 6.54 Å². The molecule has 7 nitrogen and oxygen atoms in total. The van der Waals surface area contributed by atoms with Crippen LogP contribution in [0.15, 0.2) is 71.7 Å². The van der Waals surface area contributed by atoms with Gasteiger partial charge < -0.3 is 14.6 Å². The van der Waals surface area contributed by atoms with Crippen LogP contribution in [0.3, 0.4) is 0 Å². The first-order valence-electron chi connectivity index (χ1n) is 9.64. The molecular formula is C23H20FN3O4. The molecule has 3 aromatic rings. The summed E-state index contributed by atoms with van der Waals surface area (Å²) in [6.07, 6.45) is 1.57. The molecule has 1 unspecified atom stereocenters. The summed E-state index contributed by atoms with van der Waals surface area (Å²) in [5.41, 5.74) is -0.164. The number of imide groups is 1. The van der Waals surface area contributed by atoms with Crippen molar-refractivity contribution in [1.29, 1.82) is 0 Å². The van der Waals surface area contributed by atoms with Crippen molar-refractivity contribution < 1.29 is 18.7 Å². The number of hydrogen-bond donors (Lipinski definition) is 2. The second kappa shape index (κ2) is 8.06. The van der Waals surface area contributed by atoms with E-state index in [1.165, 1.54) is 4.57 Å². The van der Waals surface area contributed by atoms with E-state index in [0.717, 1.165) is 0 Å². The highest BCUT2D eigenvalue weighted by molar-refractivity contribution is 6.07. The lowest BCUT2D eigenvalue weighted by molar-refractivity contribution is -0.124. The summed E-state index contributed by atoms with van der Waals surface area (Å²) in [5.74, 6) is 0.415. The number of hydrogen-bond acceptors (Lipinski definition) is 4. The standard InChI is InChI=1S/C23H20FN3O4/c1-15-4-3-11-27(20(15)28)14-23(21(29)25-22(30)26-23)17-7-9-18(10-8-17)31-19-6-2-5-16(12-19)13-24/h2-12H,13-14H2,1H3,(H2,25,26,29,30). The number of aryl methyl sites for hydroxylation is 1. The Morgan fingerprint density at radius 3 is 2.45 bits per heavy atom. The average molecular weight is 421 g/mol. The second-order valence-corrected chi connectivity index (χ2v) is 7.35. The number of pyridine rings is 1. The van der Waals surface area contributed by atoms with Gasteiger partial charge in [-0.1, -0.05) is 30.3 Å². The molecule has 1 aliphatic rings. The van der Waals surface area contributed by atoms with E-state index in [9.17, 15) is 18.8 Å². The molecule has 1 aliphatic heterocycles. The number of carbonyl (C=O) groups excluding carboxylic acids is 2. The first kappa shape index (κ1) is 20.3. The lowest BCUT2D eigenvalue weighted by atomic mass is 9.89. The van der Waals surface area contributed by atoms with E-state index in [0.29, 0.717) is 28.2 Å². The van der Waals surface area contributed by atoms with Crippen molar-refractivity contribution in [2.24, 2.45) is 0 Å². The number of amides is 3. The van der Waals surface area contributed by atoms with E-state index >= 15 is 0 Å². The molecule has 2 aromatic carbocycles. The second-order valence-electron chi connectivity index (χ2n) is 7.35. The molecule has 0 saturated carbocycles. The number of nitrogens with one attached hydrogen (secondary N) is 2. The van der Waals surface area contributed by atoms with Crippen LogP contribution in [0.1, 0.15) is 16.7 Å². The van der Waals surface area contributed by atoms with Gasteiger partial charge >= 0.3 is 6.03 Å². The van der Waals surface area contributed by atoms with Gasteiger partial charge in [0.15, 0.2) is 5.54 Å².